The maximum atomic E-state index is 13.1. The lowest BCUT2D eigenvalue weighted by molar-refractivity contribution is -0.137. The van der Waals surface area contributed by atoms with E-state index in [9.17, 15) is 34.8 Å². The highest BCUT2D eigenvalue weighted by Gasteiger charge is 2.31. The Morgan fingerprint density at radius 1 is 0.850 bits per heavy atom. The van der Waals surface area contributed by atoms with Crippen molar-refractivity contribution in [1.82, 2.24) is 4.31 Å². The molecule has 0 unspecified atom stereocenters. The number of nitrogens with zero attached hydrogens (tertiary/aromatic N) is 1. The van der Waals surface area contributed by atoms with Crippen molar-refractivity contribution in [1.29, 1.82) is 0 Å². The summed E-state index contributed by atoms with van der Waals surface area (Å²) >= 11 is 0. The van der Waals surface area contributed by atoms with Gasteiger partial charge in [-0.25, -0.2) is 16.8 Å². The number of benzene rings is 3. The molecule has 1 saturated heterocycles. The highest BCUT2D eigenvalue weighted by atomic mass is 32.2. The zero-order valence-electron chi connectivity index (χ0n) is 21.2. The number of carbonyl (C=O) groups excluding carboxylic acids is 1. The number of anilines is 2. The number of rotatable bonds is 8. The molecule has 1 amide bonds. The van der Waals surface area contributed by atoms with E-state index in [2.05, 4.69) is 10.0 Å². The van der Waals surface area contributed by atoms with Crippen molar-refractivity contribution < 1.29 is 39.5 Å². The summed E-state index contributed by atoms with van der Waals surface area (Å²) in [5.74, 6) is -0.551. The molecule has 0 radical (unpaired) electrons. The van der Waals surface area contributed by atoms with E-state index in [0.717, 1.165) is 31.4 Å². The number of nitrogens with one attached hydrogen (secondary N) is 2. The van der Waals surface area contributed by atoms with Crippen LogP contribution in [0.25, 0.3) is 0 Å². The van der Waals surface area contributed by atoms with Crippen LogP contribution in [0.5, 0.6) is 5.75 Å². The minimum Gasteiger partial charge on any atom is -0.496 e. The molecule has 0 aromatic heterocycles. The SMILES string of the molecule is COc1ccc(S(=O)(=O)N2CCCCC2)cc1C(=O)Nc1ccc(S(=O)(=O)Nc2cccc(C(F)(F)F)c2)cc1. The molecular formula is C26H26F3N3O6S2. The van der Waals surface area contributed by atoms with Gasteiger partial charge in [-0.15, -0.1) is 0 Å². The molecule has 2 N–H and O–H groups in total. The van der Waals surface area contributed by atoms with Gasteiger partial charge in [-0.3, -0.25) is 9.52 Å². The van der Waals surface area contributed by atoms with Gasteiger partial charge in [-0.1, -0.05) is 12.5 Å². The summed E-state index contributed by atoms with van der Waals surface area (Å²) in [5, 5.41) is 2.58. The van der Waals surface area contributed by atoms with Crippen LogP contribution < -0.4 is 14.8 Å². The molecular weight excluding hydrogens is 571 g/mol. The van der Waals surface area contributed by atoms with Crippen LogP contribution in [0.2, 0.25) is 0 Å². The first-order valence-electron chi connectivity index (χ1n) is 12.1. The first-order valence-corrected chi connectivity index (χ1v) is 15.0. The monoisotopic (exact) mass is 597 g/mol. The smallest absolute Gasteiger partial charge is 0.416 e. The average Bonchev–Trinajstić information content (AvgIpc) is 2.93. The molecule has 1 aliphatic heterocycles. The fourth-order valence-corrected chi connectivity index (χ4v) is 6.76. The van der Waals surface area contributed by atoms with Crippen LogP contribution in [0.1, 0.15) is 35.2 Å². The van der Waals surface area contributed by atoms with Crippen molar-refractivity contribution in [2.24, 2.45) is 0 Å². The Hall–Kier alpha value is -3.62. The third-order valence-electron chi connectivity index (χ3n) is 6.23. The normalized spacial score (nSPS) is 14.9. The number of piperidine rings is 1. The fraction of sp³-hybridized carbons (Fsp3) is 0.269. The number of alkyl halides is 3. The second-order valence-corrected chi connectivity index (χ2v) is 12.6. The maximum absolute atomic E-state index is 13.1. The van der Waals surface area contributed by atoms with Gasteiger partial charge in [0.2, 0.25) is 10.0 Å². The number of halogens is 3. The predicted octanol–water partition coefficient (Wildman–Crippen LogP) is 4.94. The van der Waals surface area contributed by atoms with Crippen molar-refractivity contribution in [2.45, 2.75) is 35.2 Å². The molecule has 1 fully saturated rings. The van der Waals surface area contributed by atoms with Gasteiger partial charge in [0.25, 0.3) is 15.9 Å². The van der Waals surface area contributed by atoms with Crippen LogP contribution in [-0.4, -0.2) is 47.2 Å². The largest absolute Gasteiger partial charge is 0.496 e. The van der Waals surface area contributed by atoms with Gasteiger partial charge in [-0.05, 0) is 73.5 Å². The molecule has 4 rings (SSSR count). The highest BCUT2D eigenvalue weighted by molar-refractivity contribution is 7.92. The van der Waals surface area contributed by atoms with Crippen molar-refractivity contribution in [3.8, 4) is 5.75 Å². The molecule has 0 bridgehead atoms. The summed E-state index contributed by atoms with van der Waals surface area (Å²) in [5.41, 5.74) is -1.12. The quantitative estimate of drug-likeness (QED) is 0.379. The molecule has 0 aliphatic carbocycles. The first-order chi connectivity index (χ1) is 18.8. The average molecular weight is 598 g/mol. The molecule has 1 heterocycles. The molecule has 14 heteroatoms. The van der Waals surface area contributed by atoms with Gasteiger partial charge in [-0.2, -0.15) is 17.5 Å². The van der Waals surface area contributed by atoms with Crippen molar-refractivity contribution >= 4 is 37.3 Å². The molecule has 0 saturated carbocycles. The van der Waals surface area contributed by atoms with Crippen LogP contribution in [-0.2, 0) is 26.2 Å². The predicted molar refractivity (Wildman–Crippen MR) is 142 cm³/mol. The van der Waals surface area contributed by atoms with E-state index in [0.29, 0.717) is 19.2 Å². The van der Waals surface area contributed by atoms with E-state index >= 15 is 0 Å². The summed E-state index contributed by atoms with van der Waals surface area (Å²) in [6.07, 6.45) is -2.18. The van der Waals surface area contributed by atoms with Crippen LogP contribution in [0.4, 0.5) is 24.5 Å². The number of hydrogen-bond acceptors (Lipinski definition) is 6. The third-order valence-corrected chi connectivity index (χ3v) is 9.52. The number of sulfonamides is 2. The Labute approximate surface area is 230 Å². The Morgan fingerprint density at radius 2 is 1.50 bits per heavy atom. The van der Waals surface area contributed by atoms with E-state index in [4.69, 9.17) is 4.74 Å². The Bertz CT molecular complexity index is 1600. The topological polar surface area (TPSA) is 122 Å². The minimum atomic E-state index is -4.64. The van der Waals surface area contributed by atoms with E-state index in [-0.39, 0.29) is 32.5 Å². The van der Waals surface area contributed by atoms with E-state index in [1.165, 1.54) is 59.9 Å². The maximum Gasteiger partial charge on any atom is 0.416 e. The summed E-state index contributed by atoms with van der Waals surface area (Å²) in [4.78, 5) is 12.8. The standard InChI is InChI=1S/C26H26F3N3O6S2/c1-38-24-13-12-22(40(36,37)32-14-3-2-4-15-32)17-23(24)25(33)30-19-8-10-21(11-9-19)39(34,35)31-20-7-5-6-18(16-20)26(27,28)29/h5-13,16-17,31H,2-4,14-15H2,1H3,(H,30,33). The Balaban J connectivity index is 1.52. The van der Waals surface area contributed by atoms with Gasteiger partial charge in [0.05, 0.1) is 28.0 Å². The fourth-order valence-electron chi connectivity index (χ4n) is 4.17. The lowest BCUT2D eigenvalue weighted by Crippen LogP contribution is -2.35. The Morgan fingerprint density at radius 3 is 2.12 bits per heavy atom. The summed E-state index contributed by atoms with van der Waals surface area (Å²) in [6.45, 7) is 0.793. The zero-order chi connectivity index (χ0) is 29.1. The second-order valence-electron chi connectivity index (χ2n) is 8.99. The van der Waals surface area contributed by atoms with Crippen LogP contribution in [0.15, 0.2) is 76.5 Å². The van der Waals surface area contributed by atoms with Gasteiger partial charge in [0.1, 0.15) is 5.75 Å². The number of hydrogen-bond donors (Lipinski definition) is 2. The van der Waals surface area contributed by atoms with E-state index in [1.807, 2.05) is 0 Å². The zero-order valence-corrected chi connectivity index (χ0v) is 22.9. The molecule has 9 nitrogen and oxygen atoms in total. The number of methoxy groups -OCH3 is 1. The van der Waals surface area contributed by atoms with Gasteiger partial charge >= 0.3 is 6.18 Å². The Kier molecular flexibility index (Phi) is 8.42. The molecule has 0 atom stereocenters. The summed E-state index contributed by atoms with van der Waals surface area (Å²) < 4.78 is 99.2. The lowest BCUT2D eigenvalue weighted by Gasteiger charge is -2.26. The van der Waals surface area contributed by atoms with Gasteiger partial charge in [0.15, 0.2) is 0 Å². The molecule has 3 aromatic rings. The molecule has 0 spiro atoms. The lowest BCUT2D eigenvalue weighted by atomic mass is 10.2. The number of amides is 1. The van der Waals surface area contributed by atoms with Gasteiger partial charge < -0.3 is 10.1 Å². The third kappa shape index (κ3) is 6.57. The molecule has 214 valence electrons. The molecule has 1 aliphatic rings. The van der Waals surface area contributed by atoms with Crippen LogP contribution >= 0.6 is 0 Å². The molecule has 40 heavy (non-hydrogen) atoms. The first kappa shape index (κ1) is 29.4. The van der Waals surface area contributed by atoms with E-state index < -0.39 is 37.7 Å². The van der Waals surface area contributed by atoms with Crippen LogP contribution in [0, 0.1) is 0 Å². The van der Waals surface area contributed by atoms with Crippen molar-refractivity contribution in [3.05, 3.63) is 77.9 Å². The van der Waals surface area contributed by atoms with E-state index in [1.54, 1.807) is 0 Å². The number of ether oxygens (including phenoxy) is 1. The highest BCUT2D eigenvalue weighted by Crippen LogP contribution is 2.31. The summed E-state index contributed by atoms with van der Waals surface area (Å²) in [6, 6.07) is 12.7. The number of carbonyl (C=O) groups is 1. The molecule has 3 aromatic carbocycles. The van der Waals surface area contributed by atoms with Gasteiger partial charge in [0, 0.05) is 24.5 Å². The minimum absolute atomic E-state index is 0.0384. The van der Waals surface area contributed by atoms with Crippen LogP contribution in [0.3, 0.4) is 0 Å². The second kappa shape index (κ2) is 11.5. The van der Waals surface area contributed by atoms with Crippen molar-refractivity contribution in [3.63, 3.8) is 0 Å². The van der Waals surface area contributed by atoms with Crippen molar-refractivity contribution in [2.75, 3.05) is 30.2 Å². The summed E-state index contributed by atoms with van der Waals surface area (Å²) in [7, 11) is -6.72.